The molecule has 0 unspecified atom stereocenters. The van der Waals surface area contributed by atoms with Gasteiger partial charge in [-0.1, -0.05) is 12.8 Å². The molecule has 8 heteroatoms. The molecule has 194 valence electrons. The number of fused-ring (bicyclic) bond motifs is 1. The van der Waals surface area contributed by atoms with Crippen LogP contribution in [0.5, 0.6) is 23.0 Å². The van der Waals surface area contributed by atoms with Gasteiger partial charge in [0.25, 0.3) is 0 Å². The Kier molecular flexibility index (Phi) is 9.36. The number of pyridine rings is 1. The van der Waals surface area contributed by atoms with Gasteiger partial charge in [-0.25, -0.2) is 4.79 Å². The number of nitrogens with zero attached hydrogens (tertiary/aromatic N) is 3. The van der Waals surface area contributed by atoms with E-state index >= 15 is 0 Å². The van der Waals surface area contributed by atoms with Gasteiger partial charge >= 0.3 is 6.09 Å². The number of hydrogen-bond acceptors (Lipinski definition) is 6. The minimum Gasteiger partial charge on any atom is -0.493 e. The molecule has 0 aliphatic rings. The zero-order valence-electron chi connectivity index (χ0n) is 22.1. The third-order valence-electron chi connectivity index (χ3n) is 6.39. The Morgan fingerprint density at radius 3 is 2.17 bits per heavy atom. The molecule has 0 saturated carbocycles. The maximum atomic E-state index is 12.1. The highest BCUT2D eigenvalue weighted by atomic mass is 16.5. The van der Waals surface area contributed by atoms with Gasteiger partial charge < -0.3 is 24.2 Å². The summed E-state index contributed by atoms with van der Waals surface area (Å²) in [6, 6.07) is 9.12. The maximum absolute atomic E-state index is 12.1. The lowest BCUT2D eigenvalue weighted by molar-refractivity contribution is 0.201. The Hall–Kier alpha value is -3.52. The number of aromatic nitrogens is 1. The smallest absolute Gasteiger partial charge is 0.411 e. The summed E-state index contributed by atoms with van der Waals surface area (Å²) in [4.78, 5) is 20.1. The Balaban J connectivity index is 1.81. The quantitative estimate of drug-likeness (QED) is 0.297. The second-order valence-electron chi connectivity index (χ2n) is 9.12. The van der Waals surface area contributed by atoms with Gasteiger partial charge in [0.2, 0.25) is 0 Å². The summed E-state index contributed by atoms with van der Waals surface area (Å²) >= 11 is 0. The Morgan fingerprint density at radius 1 is 0.861 bits per heavy atom. The van der Waals surface area contributed by atoms with Crippen LogP contribution in [-0.2, 0) is 0 Å². The first kappa shape index (κ1) is 27.1. The van der Waals surface area contributed by atoms with Gasteiger partial charge in [-0.05, 0) is 82.7 Å². The summed E-state index contributed by atoms with van der Waals surface area (Å²) in [5.74, 6) is 2.47. The highest BCUT2D eigenvalue weighted by Crippen LogP contribution is 2.39. The van der Waals surface area contributed by atoms with E-state index in [4.69, 9.17) is 14.2 Å². The van der Waals surface area contributed by atoms with E-state index in [0.29, 0.717) is 35.2 Å². The number of carboxylic acid groups (broad SMARTS) is 1. The number of benzene rings is 2. The molecule has 3 aromatic rings. The average molecular weight is 496 g/mol. The molecule has 8 nitrogen and oxygen atoms in total. The zero-order valence-corrected chi connectivity index (χ0v) is 22.1. The molecule has 0 fully saturated rings. The van der Waals surface area contributed by atoms with E-state index in [-0.39, 0.29) is 0 Å². The van der Waals surface area contributed by atoms with Crippen molar-refractivity contribution in [1.29, 1.82) is 0 Å². The first-order valence-corrected chi connectivity index (χ1v) is 12.2. The second kappa shape index (κ2) is 12.4. The van der Waals surface area contributed by atoms with E-state index < -0.39 is 6.09 Å². The van der Waals surface area contributed by atoms with E-state index in [1.807, 2.05) is 38.1 Å². The summed E-state index contributed by atoms with van der Waals surface area (Å²) in [6.45, 7) is 5.40. The van der Waals surface area contributed by atoms with Gasteiger partial charge in [0.05, 0.1) is 25.4 Å². The largest absolute Gasteiger partial charge is 0.493 e. The average Bonchev–Trinajstić information content (AvgIpc) is 2.86. The first-order valence-electron chi connectivity index (χ1n) is 12.2. The van der Waals surface area contributed by atoms with Crippen molar-refractivity contribution < 1.29 is 24.1 Å². The van der Waals surface area contributed by atoms with Gasteiger partial charge in [-0.15, -0.1) is 0 Å². The third-order valence-corrected chi connectivity index (χ3v) is 6.39. The van der Waals surface area contributed by atoms with Gasteiger partial charge in [-0.2, -0.15) is 0 Å². The zero-order chi connectivity index (χ0) is 26.2. The summed E-state index contributed by atoms with van der Waals surface area (Å²) in [5.41, 5.74) is 3.17. The molecule has 0 spiro atoms. The Morgan fingerprint density at radius 2 is 1.53 bits per heavy atom. The lowest BCUT2D eigenvalue weighted by Gasteiger charge is -2.23. The molecule has 0 aliphatic heterocycles. The van der Waals surface area contributed by atoms with Crippen molar-refractivity contribution in [3.8, 4) is 23.0 Å². The molecule has 0 atom stereocenters. The summed E-state index contributed by atoms with van der Waals surface area (Å²) in [5, 5.41) is 10.7. The minimum absolute atomic E-state index is 0.467. The molecule has 1 aromatic heterocycles. The van der Waals surface area contributed by atoms with Gasteiger partial charge in [0.15, 0.2) is 11.5 Å². The summed E-state index contributed by atoms with van der Waals surface area (Å²) in [6.07, 6.45) is 4.77. The molecule has 0 aliphatic carbocycles. The van der Waals surface area contributed by atoms with E-state index in [9.17, 15) is 9.90 Å². The van der Waals surface area contributed by atoms with Crippen LogP contribution in [0.2, 0.25) is 0 Å². The van der Waals surface area contributed by atoms with Gasteiger partial charge in [0, 0.05) is 24.2 Å². The van der Waals surface area contributed by atoms with Crippen LogP contribution in [0.25, 0.3) is 10.9 Å². The van der Waals surface area contributed by atoms with Crippen molar-refractivity contribution in [1.82, 2.24) is 9.88 Å². The lowest BCUT2D eigenvalue weighted by Crippen LogP contribution is -2.31. The Labute approximate surface area is 213 Å². The number of rotatable bonds is 12. The number of carbonyl (C=O) groups is 1. The lowest BCUT2D eigenvalue weighted by atomic mass is 10.1. The van der Waals surface area contributed by atoms with Crippen LogP contribution in [0, 0.1) is 13.8 Å². The number of amides is 1. The fourth-order valence-electron chi connectivity index (χ4n) is 4.21. The molecule has 0 radical (unpaired) electrons. The van der Waals surface area contributed by atoms with Gasteiger partial charge in [0.1, 0.15) is 11.5 Å². The fourth-order valence-corrected chi connectivity index (χ4v) is 4.21. The van der Waals surface area contributed by atoms with Crippen LogP contribution in [0.4, 0.5) is 10.5 Å². The molecule has 1 heterocycles. The SMILES string of the molecule is COc1cc2nccc(Oc3ccc(N(CCCCCCN(C)C)C(=O)O)c(C)c3C)c2cc1OC. The monoisotopic (exact) mass is 495 g/mol. The van der Waals surface area contributed by atoms with Crippen LogP contribution in [0.1, 0.15) is 36.8 Å². The third kappa shape index (κ3) is 6.37. The normalized spacial score (nSPS) is 11.1. The number of unbranched alkanes of at least 4 members (excludes halogenated alkanes) is 3. The number of ether oxygens (including phenoxy) is 3. The molecule has 1 amide bonds. The van der Waals surface area contributed by atoms with Crippen LogP contribution < -0.4 is 19.1 Å². The van der Waals surface area contributed by atoms with E-state index in [1.165, 1.54) is 4.90 Å². The molecule has 2 aromatic carbocycles. The number of anilines is 1. The number of methoxy groups -OCH3 is 2. The molecule has 1 N–H and O–H groups in total. The van der Waals surface area contributed by atoms with Crippen molar-refractivity contribution in [3.63, 3.8) is 0 Å². The second-order valence-corrected chi connectivity index (χ2v) is 9.12. The van der Waals surface area contributed by atoms with E-state index in [0.717, 1.165) is 54.3 Å². The van der Waals surface area contributed by atoms with Crippen LogP contribution >= 0.6 is 0 Å². The van der Waals surface area contributed by atoms with Crippen LogP contribution in [0.15, 0.2) is 36.5 Å². The van der Waals surface area contributed by atoms with Crippen molar-refractivity contribution >= 4 is 22.7 Å². The van der Waals surface area contributed by atoms with Crippen molar-refractivity contribution in [2.45, 2.75) is 39.5 Å². The Bertz CT molecular complexity index is 1200. The van der Waals surface area contributed by atoms with Crippen LogP contribution in [0.3, 0.4) is 0 Å². The molecule has 36 heavy (non-hydrogen) atoms. The minimum atomic E-state index is -0.944. The highest BCUT2D eigenvalue weighted by Gasteiger charge is 2.19. The maximum Gasteiger partial charge on any atom is 0.411 e. The molecule has 0 bridgehead atoms. The predicted octanol–water partition coefficient (Wildman–Crippen LogP) is 6.27. The summed E-state index contributed by atoms with van der Waals surface area (Å²) in [7, 11) is 7.31. The van der Waals surface area contributed by atoms with Gasteiger partial charge in [-0.3, -0.25) is 9.88 Å². The van der Waals surface area contributed by atoms with Crippen molar-refractivity contribution in [3.05, 3.63) is 47.7 Å². The van der Waals surface area contributed by atoms with Crippen molar-refractivity contribution in [2.75, 3.05) is 46.3 Å². The fraction of sp³-hybridized carbons (Fsp3) is 0.429. The van der Waals surface area contributed by atoms with Crippen molar-refractivity contribution in [2.24, 2.45) is 0 Å². The van der Waals surface area contributed by atoms with E-state index in [1.54, 1.807) is 26.5 Å². The predicted molar refractivity (Wildman–Crippen MR) is 143 cm³/mol. The summed E-state index contributed by atoms with van der Waals surface area (Å²) < 4.78 is 17.1. The topological polar surface area (TPSA) is 84.4 Å². The molecule has 3 rings (SSSR count). The van der Waals surface area contributed by atoms with E-state index in [2.05, 4.69) is 24.0 Å². The first-order chi connectivity index (χ1) is 17.3. The van der Waals surface area contributed by atoms with Crippen LogP contribution in [-0.4, -0.2) is 62.5 Å². The standard InChI is InChI=1S/C28H37N3O5/c1-19-20(2)24(12-11-23(19)31(28(32)33)16-10-8-7-9-15-30(3)4)36-25-13-14-29-22-18-27(35-6)26(34-5)17-21(22)25/h11-14,17-18H,7-10,15-16H2,1-6H3,(H,32,33). The molecule has 0 saturated heterocycles. The molecular formula is C28H37N3O5. The molecular weight excluding hydrogens is 458 g/mol. The number of hydrogen-bond donors (Lipinski definition) is 1. The highest BCUT2D eigenvalue weighted by molar-refractivity contribution is 5.89.